The van der Waals surface area contributed by atoms with Crippen LogP contribution in [0.2, 0.25) is 0 Å². The lowest BCUT2D eigenvalue weighted by molar-refractivity contribution is -0.137. The van der Waals surface area contributed by atoms with E-state index >= 15 is 0 Å². The SMILES string of the molecule is C[C@H](NC(=O)C(CCC(=O)O)NC(=O)OCC1c2ccccc2-c2ccccc21)c1cccs1. The third-order valence-electron chi connectivity index (χ3n) is 5.93. The molecule has 3 N–H and O–H groups in total. The predicted octanol–water partition coefficient (Wildman–Crippen LogP) is 4.70. The molecule has 4 rings (SSSR count). The van der Waals surface area contributed by atoms with E-state index in [4.69, 9.17) is 9.84 Å². The number of hydrogen-bond donors (Lipinski definition) is 3. The van der Waals surface area contributed by atoms with E-state index in [-0.39, 0.29) is 31.4 Å². The minimum atomic E-state index is -1.04. The molecule has 1 aromatic heterocycles. The molecule has 0 spiro atoms. The molecule has 8 heteroatoms. The lowest BCUT2D eigenvalue weighted by Gasteiger charge is -2.21. The van der Waals surface area contributed by atoms with Crippen LogP contribution in [0.3, 0.4) is 0 Å². The van der Waals surface area contributed by atoms with Gasteiger partial charge in [-0.25, -0.2) is 4.79 Å². The average molecular weight is 479 g/mol. The van der Waals surface area contributed by atoms with Crippen molar-refractivity contribution in [2.24, 2.45) is 0 Å². The van der Waals surface area contributed by atoms with Gasteiger partial charge in [0.2, 0.25) is 5.91 Å². The number of nitrogens with one attached hydrogen (secondary N) is 2. The Morgan fingerprint density at radius 2 is 1.62 bits per heavy atom. The summed E-state index contributed by atoms with van der Waals surface area (Å²) >= 11 is 1.51. The van der Waals surface area contributed by atoms with Crippen molar-refractivity contribution in [3.8, 4) is 11.1 Å². The highest BCUT2D eigenvalue weighted by molar-refractivity contribution is 7.10. The molecule has 2 amide bonds. The number of amides is 2. The first-order valence-corrected chi connectivity index (χ1v) is 12.0. The summed E-state index contributed by atoms with van der Waals surface area (Å²) in [5.41, 5.74) is 4.41. The van der Waals surface area contributed by atoms with Gasteiger partial charge >= 0.3 is 12.1 Å². The highest BCUT2D eigenvalue weighted by Gasteiger charge is 2.30. The molecule has 34 heavy (non-hydrogen) atoms. The van der Waals surface area contributed by atoms with Gasteiger partial charge < -0.3 is 20.5 Å². The molecule has 0 saturated carbocycles. The van der Waals surface area contributed by atoms with E-state index < -0.39 is 24.0 Å². The Morgan fingerprint density at radius 1 is 0.971 bits per heavy atom. The maximum absolute atomic E-state index is 12.8. The molecule has 1 aliphatic rings. The molecule has 1 unspecified atom stereocenters. The van der Waals surface area contributed by atoms with Crippen LogP contribution in [0.15, 0.2) is 66.0 Å². The monoisotopic (exact) mass is 478 g/mol. The van der Waals surface area contributed by atoms with Gasteiger partial charge in [-0.2, -0.15) is 0 Å². The van der Waals surface area contributed by atoms with E-state index in [2.05, 4.69) is 22.8 Å². The molecule has 2 aromatic carbocycles. The van der Waals surface area contributed by atoms with Crippen molar-refractivity contribution in [3.05, 3.63) is 82.0 Å². The number of rotatable bonds is 9. The molecule has 1 heterocycles. The number of aliphatic carboxylic acids is 1. The van der Waals surface area contributed by atoms with Crippen LogP contribution in [0.1, 0.15) is 47.7 Å². The number of carbonyl (C=O) groups excluding carboxylic acids is 2. The highest BCUT2D eigenvalue weighted by Crippen LogP contribution is 2.44. The second-order valence-corrected chi connectivity index (χ2v) is 9.18. The number of thiophene rings is 1. The number of carboxylic acid groups (broad SMARTS) is 1. The number of carbonyl (C=O) groups is 3. The first-order valence-electron chi connectivity index (χ1n) is 11.1. The van der Waals surface area contributed by atoms with Crippen molar-refractivity contribution < 1.29 is 24.2 Å². The van der Waals surface area contributed by atoms with Crippen LogP contribution in [0.4, 0.5) is 4.79 Å². The highest BCUT2D eigenvalue weighted by atomic mass is 32.1. The van der Waals surface area contributed by atoms with Gasteiger partial charge in [0.05, 0.1) is 6.04 Å². The van der Waals surface area contributed by atoms with Gasteiger partial charge in [-0.3, -0.25) is 9.59 Å². The van der Waals surface area contributed by atoms with Crippen LogP contribution < -0.4 is 10.6 Å². The number of ether oxygens (including phenoxy) is 1. The zero-order chi connectivity index (χ0) is 24.1. The van der Waals surface area contributed by atoms with Crippen molar-refractivity contribution in [1.82, 2.24) is 10.6 Å². The minimum Gasteiger partial charge on any atom is -0.481 e. The van der Waals surface area contributed by atoms with Gasteiger partial charge in [0.1, 0.15) is 12.6 Å². The molecule has 2 atom stereocenters. The Kier molecular flexibility index (Phi) is 7.27. The third-order valence-corrected chi connectivity index (χ3v) is 6.98. The Morgan fingerprint density at radius 3 is 2.21 bits per heavy atom. The van der Waals surface area contributed by atoms with Crippen molar-refractivity contribution in [1.29, 1.82) is 0 Å². The van der Waals surface area contributed by atoms with Gasteiger partial charge in [0, 0.05) is 17.2 Å². The van der Waals surface area contributed by atoms with Crippen LogP contribution in [0.5, 0.6) is 0 Å². The lowest BCUT2D eigenvalue weighted by Crippen LogP contribution is -2.47. The van der Waals surface area contributed by atoms with E-state index in [9.17, 15) is 14.4 Å². The summed E-state index contributed by atoms with van der Waals surface area (Å²) in [6, 6.07) is 18.5. The number of alkyl carbamates (subject to hydrolysis) is 1. The molecule has 7 nitrogen and oxygen atoms in total. The second kappa shape index (κ2) is 10.5. The fourth-order valence-corrected chi connectivity index (χ4v) is 4.98. The van der Waals surface area contributed by atoms with Crippen LogP contribution in [-0.2, 0) is 14.3 Å². The van der Waals surface area contributed by atoms with Crippen LogP contribution in [0.25, 0.3) is 11.1 Å². The molecule has 3 aromatic rings. The number of fused-ring (bicyclic) bond motifs is 3. The average Bonchev–Trinajstić information content (AvgIpc) is 3.47. The number of hydrogen-bond acceptors (Lipinski definition) is 5. The van der Waals surface area contributed by atoms with E-state index in [1.165, 1.54) is 11.3 Å². The topological polar surface area (TPSA) is 105 Å². The molecular formula is C26H26N2O5S. The smallest absolute Gasteiger partial charge is 0.407 e. The van der Waals surface area contributed by atoms with Gasteiger partial charge in [0.15, 0.2) is 0 Å². The second-order valence-electron chi connectivity index (χ2n) is 8.20. The summed E-state index contributed by atoms with van der Waals surface area (Å²) in [5.74, 6) is -1.60. The third kappa shape index (κ3) is 5.28. The minimum absolute atomic E-state index is 0.0392. The Labute approximate surface area is 201 Å². The normalized spacial score (nSPS) is 13.9. The Balaban J connectivity index is 1.41. The first-order chi connectivity index (χ1) is 16.4. The summed E-state index contributed by atoms with van der Waals surface area (Å²) in [5, 5.41) is 16.4. The zero-order valence-electron chi connectivity index (χ0n) is 18.7. The molecule has 0 saturated heterocycles. The molecule has 0 fully saturated rings. The molecule has 176 valence electrons. The van der Waals surface area contributed by atoms with E-state index in [1.54, 1.807) is 0 Å². The molecular weight excluding hydrogens is 452 g/mol. The van der Waals surface area contributed by atoms with Gasteiger partial charge in [-0.1, -0.05) is 54.6 Å². The number of carboxylic acids is 1. The maximum Gasteiger partial charge on any atom is 0.407 e. The van der Waals surface area contributed by atoms with Crippen molar-refractivity contribution >= 4 is 29.3 Å². The van der Waals surface area contributed by atoms with E-state index in [1.807, 2.05) is 60.8 Å². The quantitative estimate of drug-likeness (QED) is 0.414. The Bertz CT molecular complexity index is 1130. The first kappa shape index (κ1) is 23.5. The summed E-state index contributed by atoms with van der Waals surface area (Å²) in [7, 11) is 0. The fourth-order valence-electron chi connectivity index (χ4n) is 4.24. The summed E-state index contributed by atoms with van der Waals surface area (Å²) in [4.78, 5) is 37.5. The largest absolute Gasteiger partial charge is 0.481 e. The van der Waals surface area contributed by atoms with E-state index in [0.717, 1.165) is 27.1 Å². The van der Waals surface area contributed by atoms with Crippen molar-refractivity contribution in [2.45, 2.75) is 37.8 Å². The van der Waals surface area contributed by atoms with Gasteiger partial charge in [-0.15, -0.1) is 11.3 Å². The van der Waals surface area contributed by atoms with Gasteiger partial charge in [0.25, 0.3) is 0 Å². The Hall–Kier alpha value is -3.65. The van der Waals surface area contributed by atoms with E-state index in [0.29, 0.717) is 0 Å². The standard InChI is InChI=1S/C26H26N2O5S/c1-16(23-11-6-14-34-23)27-25(31)22(12-13-24(29)30)28-26(32)33-15-21-19-9-4-2-7-17(19)18-8-3-5-10-20(18)21/h2-11,14,16,21-22H,12-13,15H2,1H3,(H,27,31)(H,28,32)(H,29,30)/t16-,22?/m0/s1. The summed E-state index contributed by atoms with van der Waals surface area (Å²) < 4.78 is 5.53. The number of benzene rings is 2. The van der Waals surface area contributed by atoms with Gasteiger partial charge in [-0.05, 0) is 47.0 Å². The molecule has 0 aliphatic heterocycles. The fraction of sp³-hybridized carbons (Fsp3) is 0.269. The summed E-state index contributed by atoms with van der Waals surface area (Å²) in [6.45, 7) is 1.95. The summed E-state index contributed by atoms with van der Waals surface area (Å²) in [6.07, 6.45) is -1.05. The van der Waals surface area contributed by atoms with Crippen LogP contribution >= 0.6 is 11.3 Å². The lowest BCUT2D eigenvalue weighted by atomic mass is 9.98. The van der Waals surface area contributed by atoms with Crippen molar-refractivity contribution in [3.63, 3.8) is 0 Å². The zero-order valence-corrected chi connectivity index (χ0v) is 19.5. The predicted molar refractivity (Wildman–Crippen MR) is 130 cm³/mol. The van der Waals surface area contributed by atoms with Crippen molar-refractivity contribution in [2.75, 3.05) is 6.61 Å². The molecule has 1 aliphatic carbocycles. The van der Waals surface area contributed by atoms with Crippen LogP contribution in [-0.4, -0.2) is 35.7 Å². The van der Waals surface area contributed by atoms with Crippen LogP contribution in [0, 0.1) is 0 Å². The molecule has 0 bridgehead atoms. The molecule has 0 radical (unpaired) electrons. The maximum atomic E-state index is 12.8.